The second-order valence-electron chi connectivity index (χ2n) is 6.06. The van der Waals surface area contributed by atoms with Gasteiger partial charge in [0.15, 0.2) is 0 Å². The van der Waals surface area contributed by atoms with Crippen molar-refractivity contribution in [2.45, 2.75) is 32.8 Å². The molecule has 1 N–H and O–H groups in total. The van der Waals surface area contributed by atoms with Crippen LogP contribution in [0.25, 0.3) is 10.9 Å². The Kier molecular flexibility index (Phi) is 6.50. The van der Waals surface area contributed by atoms with Crippen molar-refractivity contribution < 1.29 is 9.84 Å². The van der Waals surface area contributed by atoms with E-state index in [9.17, 15) is 5.11 Å². The van der Waals surface area contributed by atoms with Gasteiger partial charge >= 0.3 is 0 Å². The zero-order valence-corrected chi connectivity index (χ0v) is 14.7. The number of ether oxygens (including phenoxy) is 1. The minimum absolute atomic E-state index is 0.502. The van der Waals surface area contributed by atoms with Gasteiger partial charge in [0.2, 0.25) is 0 Å². The van der Waals surface area contributed by atoms with E-state index in [0.29, 0.717) is 12.5 Å². The fourth-order valence-electron chi connectivity index (χ4n) is 2.61. The van der Waals surface area contributed by atoms with Crippen LogP contribution < -0.4 is 4.74 Å². The maximum absolute atomic E-state index is 10.7. The molecule has 0 amide bonds. The molecule has 4 nitrogen and oxygen atoms in total. The molecule has 1 heterocycles. The Morgan fingerprint density at radius 2 is 2.21 bits per heavy atom. The summed E-state index contributed by atoms with van der Waals surface area (Å²) in [5.74, 6) is 1.25. The van der Waals surface area contributed by atoms with Gasteiger partial charge in [-0.25, -0.2) is 0 Å². The van der Waals surface area contributed by atoms with Crippen LogP contribution in [0.2, 0.25) is 0 Å². The summed E-state index contributed by atoms with van der Waals surface area (Å²) in [5.41, 5.74) is 2.36. The molecule has 0 saturated carbocycles. The summed E-state index contributed by atoms with van der Waals surface area (Å²) in [7, 11) is 1.63. The van der Waals surface area contributed by atoms with Crippen molar-refractivity contribution in [3.05, 3.63) is 48.7 Å². The lowest BCUT2D eigenvalue weighted by atomic mass is 10.0. The lowest BCUT2D eigenvalue weighted by molar-refractivity contribution is 0.248. The molecule has 0 spiro atoms. The third kappa shape index (κ3) is 4.42. The minimum atomic E-state index is -0.737. The topological polar surface area (TPSA) is 54.7 Å². The van der Waals surface area contributed by atoms with Gasteiger partial charge in [-0.05, 0) is 55.5 Å². The summed E-state index contributed by atoms with van der Waals surface area (Å²) in [4.78, 5) is 8.88. The van der Waals surface area contributed by atoms with Crippen molar-refractivity contribution >= 4 is 16.6 Å². The van der Waals surface area contributed by atoms with Crippen LogP contribution in [0.3, 0.4) is 0 Å². The Labute approximate surface area is 143 Å². The van der Waals surface area contributed by atoms with Crippen molar-refractivity contribution in [2.24, 2.45) is 10.9 Å². The second-order valence-corrected chi connectivity index (χ2v) is 6.06. The molecular weight excluding hydrogens is 300 g/mol. The molecule has 2 atom stereocenters. The number of hydrogen-bond acceptors (Lipinski definition) is 4. The summed E-state index contributed by atoms with van der Waals surface area (Å²) in [5, 5.41) is 11.6. The highest BCUT2D eigenvalue weighted by Gasteiger charge is 2.15. The van der Waals surface area contributed by atoms with E-state index in [2.05, 4.69) is 23.5 Å². The van der Waals surface area contributed by atoms with Gasteiger partial charge in [0, 0.05) is 23.8 Å². The largest absolute Gasteiger partial charge is 0.497 e. The molecule has 0 fully saturated rings. The van der Waals surface area contributed by atoms with E-state index in [0.717, 1.165) is 40.8 Å². The zero-order chi connectivity index (χ0) is 17.5. The fourth-order valence-corrected chi connectivity index (χ4v) is 2.61. The van der Waals surface area contributed by atoms with E-state index >= 15 is 0 Å². The summed E-state index contributed by atoms with van der Waals surface area (Å²) >= 11 is 0. The van der Waals surface area contributed by atoms with Crippen LogP contribution in [-0.4, -0.2) is 29.5 Å². The normalized spacial score (nSPS) is 14.4. The highest BCUT2D eigenvalue weighted by Crippen LogP contribution is 2.27. The summed E-state index contributed by atoms with van der Waals surface area (Å²) < 4.78 is 5.28. The van der Waals surface area contributed by atoms with Gasteiger partial charge < -0.3 is 9.84 Å². The molecule has 0 aliphatic carbocycles. The van der Waals surface area contributed by atoms with E-state index < -0.39 is 6.10 Å². The maximum atomic E-state index is 10.7. The van der Waals surface area contributed by atoms with E-state index in [-0.39, 0.29) is 0 Å². The number of pyridine rings is 1. The number of hydrogen-bond donors (Lipinski definition) is 1. The Morgan fingerprint density at radius 1 is 1.42 bits per heavy atom. The molecule has 2 rings (SSSR count). The monoisotopic (exact) mass is 326 g/mol. The Hall–Kier alpha value is -2.20. The standard InChI is InChI=1S/C20H26N2O2/c1-5-14(2)7-6-11-21-15(3)20(23)17-10-12-22-19-9-8-16(24-4)13-18(17)19/h5,8-10,12-14,20,23H,1,6-7,11H2,2-4H3/t14-,20-/m0/s1. The second kappa shape index (κ2) is 8.60. The predicted molar refractivity (Wildman–Crippen MR) is 99.8 cm³/mol. The molecule has 0 aliphatic rings. The number of aliphatic hydroxyl groups is 1. The summed E-state index contributed by atoms with van der Waals surface area (Å²) in [6.07, 6.45) is 4.99. The van der Waals surface area contributed by atoms with Crippen molar-refractivity contribution in [2.75, 3.05) is 13.7 Å². The molecule has 1 aromatic heterocycles. The summed E-state index contributed by atoms with van der Waals surface area (Å²) in [6, 6.07) is 7.51. The van der Waals surface area contributed by atoms with Crippen LogP contribution in [0.1, 0.15) is 38.4 Å². The van der Waals surface area contributed by atoms with E-state index in [1.165, 1.54) is 0 Å². The lowest BCUT2D eigenvalue weighted by Crippen LogP contribution is -2.10. The molecule has 4 heteroatoms. The number of rotatable bonds is 8. The third-order valence-electron chi connectivity index (χ3n) is 4.25. The van der Waals surface area contributed by atoms with Crippen LogP contribution in [-0.2, 0) is 0 Å². The first-order valence-electron chi connectivity index (χ1n) is 8.31. The quantitative estimate of drug-likeness (QED) is 0.446. The van der Waals surface area contributed by atoms with Crippen LogP contribution in [0, 0.1) is 5.92 Å². The molecule has 0 aliphatic heterocycles. The number of aromatic nitrogens is 1. The highest BCUT2D eigenvalue weighted by atomic mass is 16.5. The number of aliphatic hydroxyl groups excluding tert-OH is 1. The van der Waals surface area contributed by atoms with Gasteiger partial charge in [0.05, 0.1) is 12.6 Å². The van der Waals surface area contributed by atoms with Crippen LogP contribution in [0.5, 0.6) is 5.75 Å². The zero-order valence-electron chi connectivity index (χ0n) is 14.7. The lowest BCUT2D eigenvalue weighted by Gasteiger charge is -2.14. The van der Waals surface area contributed by atoms with Crippen LogP contribution in [0.15, 0.2) is 48.1 Å². The number of allylic oxidation sites excluding steroid dienone is 1. The summed E-state index contributed by atoms with van der Waals surface area (Å²) in [6.45, 7) is 8.53. The minimum Gasteiger partial charge on any atom is -0.497 e. The Morgan fingerprint density at radius 3 is 2.92 bits per heavy atom. The number of nitrogens with zero attached hydrogens (tertiary/aromatic N) is 2. The van der Waals surface area contributed by atoms with Crippen molar-refractivity contribution in [1.82, 2.24) is 4.98 Å². The SMILES string of the molecule is C=C[C@H](C)CCCN=C(C)[C@H](O)c1ccnc2ccc(OC)cc12. The molecule has 128 valence electrons. The van der Waals surface area contributed by atoms with E-state index in [1.54, 1.807) is 13.3 Å². The van der Waals surface area contributed by atoms with Crippen molar-refractivity contribution in [3.63, 3.8) is 0 Å². The first-order chi connectivity index (χ1) is 11.6. The van der Waals surface area contributed by atoms with Gasteiger partial charge in [0.25, 0.3) is 0 Å². The smallest absolute Gasteiger partial charge is 0.119 e. The average molecular weight is 326 g/mol. The van der Waals surface area contributed by atoms with Gasteiger partial charge in [0.1, 0.15) is 11.9 Å². The van der Waals surface area contributed by atoms with Gasteiger partial charge in [-0.2, -0.15) is 0 Å². The van der Waals surface area contributed by atoms with Crippen LogP contribution in [0.4, 0.5) is 0 Å². The molecule has 0 radical (unpaired) electrons. The van der Waals surface area contributed by atoms with Gasteiger partial charge in [-0.15, -0.1) is 6.58 Å². The molecule has 2 aromatic rings. The molecule has 0 unspecified atom stereocenters. The molecule has 1 aromatic carbocycles. The van der Waals surface area contributed by atoms with Gasteiger partial charge in [-0.3, -0.25) is 9.98 Å². The predicted octanol–water partition coefficient (Wildman–Crippen LogP) is 4.34. The highest BCUT2D eigenvalue weighted by molar-refractivity contribution is 5.93. The van der Waals surface area contributed by atoms with Gasteiger partial charge in [-0.1, -0.05) is 13.0 Å². The Bertz CT molecular complexity index is 725. The maximum Gasteiger partial charge on any atom is 0.119 e. The first kappa shape index (κ1) is 18.1. The molecule has 0 bridgehead atoms. The third-order valence-corrected chi connectivity index (χ3v) is 4.25. The van der Waals surface area contributed by atoms with E-state index in [4.69, 9.17) is 4.74 Å². The molecular formula is C20H26N2O2. The number of fused-ring (bicyclic) bond motifs is 1. The Balaban J connectivity index is 2.17. The molecule has 0 saturated heterocycles. The van der Waals surface area contributed by atoms with Crippen LogP contribution >= 0.6 is 0 Å². The van der Waals surface area contributed by atoms with Crippen molar-refractivity contribution in [1.29, 1.82) is 0 Å². The average Bonchev–Trinajstić information content (AvgIpc) is 2.63. The van der Waals surface area contributed by atoms with Crippen molar-refractivity contribution in [3.8, 4) is 5.75 Å². The number of methoxy groups -OCH3 is 1. The number of benzene rings is 1. The molecule has 24 heavy (non-hydrogen) atoms. The first-order valence-corrected chi connectivity index (χ1v) is 8.31. The number of aliphatic imine (C=N–C) groups is 1. The van der Waals surface area contributed by atoms with E-state index in [1.807, 2.05) is 37.3 Å². The fraction of sp³-hybridized carbons (Fsp3) is 0.400.